The average molecular weight is 483 g/mol. The molecule has 0 aliphatic carbocycles. The molecule has 5 nitrogen and oxygen atoms in total. The molecule has 35 heavy (non-hydrogen) atoms. The van der Waals surface area contributed by atoms with E-state index in [1.807, 2.05) is 30.5 Å². The summed E-state index contributed by atoms with van der Waals surface area (Å²) in [6, 6.07) is 22.9. The third-order valence-electron chi connectivity index (χ3n) is 6.99. The number of ether oxygens (including phenoxy) is 1. The van der Waals surface area contributed by atoms with Crippen LogP contribution in [0.15, 0.2) is 72.9 Å². The second-order valence-electron chi connectivity index (χ2n) is 9.13. The number of aryl methyl sites for hydroxylation is 3. The molecular weight excluding hydrogens is 452 g/mol. The first-order chi connectivity index (χ1) is 16.9. The van der Waals surface area contributed by atoms with Crippen LogP contribution < -0.4 is 15.0 Å². The van der Waals surface area contributed by atoms with E-state index in [4.69, 9.17) is 21.9 Å². The Bertz CT molecular complexity index is 1380. The zero-order valence-corrected chi connectivity index (χ0v) is 21.6. The number of nitrogens with one attached hydrogen (secondary N) is 1. The molecule has 2 aromatic carbocycles. The van der Waals surface area contributed by atoms with Gasteiger partial charge in [0.25, 0.3) is 0 Å². The van der Waals surface area contributed by atoms with Crippen LogP contribution in [0.25, 0.3) is 5.69 Å². The molecule has 2 atom stereocenters. The molecular formula is C29H30N4OS. The van der Waals surface area contributed by atoms with E-state index in [-0.39, 0.29) is 12.1 Å². The van der Waals surface area contributed by atoms with Crippen molar-refractivity contribution in [2.24, 2.45) is 0 Å². The number of nitrogens with zero attached hydrogens (tertiary/aromatic N) is 3. The summed E-state index contributed by atoms with van der Waals surface area (Å²) in [4.78, 5) is 6.95. The summed E-state index contributed by atoms with van der Waals surface area (Å²) >= 11 is 5.92. The molecule has 1 aliphatic heterocycles. The van der Waals surface area contributed by atoms with Gasteiger partial charge in [0.1, 0.15) is 5.75 Å². The molecule has 1 N–H and O–H groups in total. The maximum atomic E-state index is 5.92. The molecule has 1 saturated heterocycles. The quantitative estimate of drug-likeness (QED) is 0.339. The number of aromatic nitrogens is 2. The van der Waals surface area contributed by atoms with Crippen LogP contribution in [-0.2, 0) is 0 Å². The first-order valence-electron chi connectivity index (χ1n) is 11.8. The van der Waals surface area contributed by atoms with Crippen molar-refractivity contribution in [2.75, 3.05) is 12.0 Å². The molecule has 0 unspecified atom stereocenters. The van der Waals surface area contributed by atoms with Crippen LogP contribution in [-0.4, -0.2) is 21.8 Å². The zero-order chi connectivity index (χ0) is 24.7. The fraction of sp³-hybridized carbons (Fsp3) is 0.241. The maximum absolute atomic E-state index is 5.92. The van der Waals surface area contributed by atoms with E-state index < -0.39 is 0 Å². The predicted octanol–water partition coefficient (Wildman–Crippen LogP) is 6.29. The lowest BCUT2D eigenvalue weighted by Gasteiger charge is -2.28. The molecule has 4 aromatic rings. The molecule has 178 valence electrons. The van der Waals surface area contributed by atoms with Crippen molar-refractivity contribution in [3.05, 3.63) is 107 Å². The number of thiocarbonyl (C=S) groups is 1. The standard InChI is InChI=1S/C29H30N4OS/c1-18-9-10-23(16-19(18)2)33-28(27(31-29(33)35)26-8-6-7-15-30-26)25-17-20(3)32(21(25)4)22-11-13-24(34-5)14-12-22/h6-17,27-28H,1-5H3,(H,31,35)/t27-,28-/m1/s1. The second-order valence-corrected chi connectivity index (χ2v) is 9.51. The van der Waals surface area contributed by atoms with E-state index in [0.717, 1.165) is 22.8 Å². The van der Waals surface area contributed by atoms with Crippen LogP contribution in [0.2, 0.25) is 0 Å². The Hall–Kier alpha value is -3.64. The summed E-state index contributed by atoms with van der Waals surface area (Å²) < 4.78 is 7.66. The van der Waals surface area contributed by atoms with Gasteiger partial charge >= 0.3 is 0 Å². The summed E-state index contributed by atoms with van der Waals surface area (Å²) in [5, 5.41) is 4.29. The van der Waals surface area contributed by atoms with Gasteiger partial charge < -0.3 is 19.5 Å². The van der Waals surface area contributed by atoms with Crippen LogP contribution in [0.1, 0.15) is 45.9 Å². The minimum Gasteiger partial charge on any atom is -0.497 e. The van der Waals surface area contributed by atoms with Gasteiger partial charge in [0.05, 0.1) is 24.9 Å². The highest BCUT2D eigenvalue weighted by molar-refractivity contribution is 7.80. The van der Waals surface area contributed by atoms with Crippen LogP contribution in [0.3, 0.4) is 0 Å². The van der Waals surface area contributed by atoms with Crippen molar-refractivity contribution in [2.45, 2.75) is 39.8 Å². The molecule has 0 bridgehead atoms. The fourth-order valence-corrected chi connectivity index (χ4v) is 5.39. The van der Waals surface area contributed by atoms with Crippen molar-refractivity contribution in [1.29, 1.82) is 0 Å². The topological polar surface area (TPSA) is 42.3 Å². The van der Waals surface area contributed by atoms with Crippen molar-refractivity contribution < 1.29 is 4.74 Å². The van der Waals surface area contributed by atoms with Crippen LogP contribution in [0, 0.1) is 27.7 Å². The summed E-state index contributed by atoms with van der Waals surface area (Å²) in [6.45, 7) is 8.61. The summed E-state index contributed by atoms with van der Waals surface area (Å²) in [5.41, 5.74) is 9.24. The monoisotopic (exact) mass is 482 g/mol. The van der Waals surface area contributed by atoms with Gasteiger partial charge in [-0.3, -0.25) is 4.98 Å². The van der Waals surface area contributed by atoms with Crippen molar-refractivity contribution in [3.63, 3.8) is 0 Å². The van der Waals surface area contributed by atoms with Gasteiger partial charge in [-0.2, -0.15) is 0 Å². The van der Waals surface area contributed by atoms with E-state index in [0.29, 0.717) is 5.11 Å². The van der Waals surface area contributed by atoms with E-state index in [9.17, 15) is 0 Å². The van der Waals surface area contributed by atoms with Gasteiger partial charge in [-0.25, -0.2) is 0 Å². The lowest BCUT2D eigenvalue weighted by Crippen LogP contribution is -2.29. The van der Waals surface area contributed by atoms with E-state index in [1.54, 1.807) is 7.11 Å². The molecule has 3 heterocycles. The molecule has 0 saturated carbocycles. The Balaban J connectivity index is 1.66. The van der Waals surface area contributed by atoms with Crippen molar-refractivity contribution >= 4 is 23.0 Å². The third kappa shape index (κ3) is 4.08. The van der Waals surface area contributed by atoms with Gasteiger partial charge in [-0.15, -0.1) is 0 Å². The summed E-state index contributed by atoms with van der Waals surface area (Å²) in [5.74, 6) is 0.845. The van der Waals surface area contributed by atoms with E-state index in [2.05, 4.69) is 84.9 Å². The normalized spacial score (nSPS) is 17.5. The average Bonchev–Trinajstić information content (AvgIpc) is 3.36. The number of methoxy groups -OCH3 is 1. The van der Waals surface area contributed by atoms with Crippen LogP contribution >= 0.6 is 12.2 Å². The van der Waals surface area contributed by atoms with E-state index in [1.165, 1.54) is 28.1 Å². The molecule has 1 aliphatic rings. The highest BCUT2D eigenvalue weighted by Crippen LogP contribution is 2.44. The molecule has 1 fully saturated rings. The number of rotatable bonds is 5. The van der Waals surface area contributed by atoms with Gasteiger partial charge in [-0.05, 0) is 111 Å². The smallest absolute Gasteiger partial charge is 0.174 e. The van der Waals surface area contributed by atoms with E-state index >= 15 is 0 Å². The van der Waals surface area contributed by atoms with Crippen molar-refractivity contribution in [1.82, 2.24) is 14.9 Å². The predicted molar refractivity (Wildman–Crippen MR) is 146 cm³/mol. The van der Waals surface area contributed by atoms with Crippen LogP contribution in [0.4, 0.5) is 5.69 Å². The number of anilines is 1. The molecule has 0 radical (unpaired) electrons. The highest BCUT2D eigenvalue weighted by Gasteiger charge is 2.42. The lowest BCUT2D eigenvalue weighted by molar-refractivity contribution is 0.414. The summed E-state index contributed by atoms with van der Waals surface area (Å²) in [6.07, 6.45) is 1.84. The highest BCUT2D eigenvalue weighted by atomic mass is 32.1. The van der Waals surface area contributed by atoms with Crippen molar-refractivity contribution in [3.8, 4) is 11.4 Å². The number of pyridine rings is 1. The van der Waals surface area contributed by atoms with Crippen LogP contribution in [0.5, 0.6) is 5.75 Å². The minimum absolute atomic E-state index is 0.0438. The zero-order valence-electron chi connectivity index (χ0n) is 20.7. The Kier molecular flexibility index (Phi) is 6.07. The second kappa shape index (κ2) is 9.19. The Morgan fingerprint density at radius 2 is 1.63 bits per heavy atom. The maximum Gasteiger partial charge on any atom is 0.174 e. The van der Waals surface area contributed by atoms with Gasteiger partial charge in [0.15, 0.2) is 5.11 Å². The molecule has 2 aromatic heterocycles. The summed E-state index contributed by atoms with van der Waals surface area (Å²) in [7, 11) is 1.69. The lowest BCUT2D eigenvalue weighted by atomic mass is 9.96. The minimum atomic E-state index is -0.0740. The fourth-order valence-electron chi connectivity index (χ4n) is 5.04. The largest absolute Gasteiger partial charge is 0.497 e. The number of hydrogen-bond acceptors (Lipinski definition) is 3. The first kappa shape index (κ1) is 23.1. The molecule has 0 spiro atoms. The Morgan fingerprint density at radius 3 is 2.29 bits per heavy atom. The third-order valence-corrected chi connectivity index (χ3v) is 7.30. The molecule has 5 rings (SSSR count). The molecule has 6 heteroatoms. The number of benzene rings is 2. The van der Waals surface area contributed by atoms with Gasteiger partial charge in [0, 0.05) is 29.0 Å². The Labute approximate surface area is 212 Å². The SMILES string of the molecule is COc1ccc(-n2c(C)cc([C@@H]3[C@@H](c4ccccn4)NC(=S)N3c3ccc(C)c(C)c3)c2C)cc1. The van der Waals surface area contributed by atoms with Gasteiger partial charge in [0.2, 0.25) is 0 Å². The molecule has 0 amide bonds. The number of hydrogen-bond donors (Lipinski definition) is 1. The first-order valence-corrected chi connectivity index (χ1v) is 12.2. The van der Waals surface area contributed by atoms with Gasteiger partial charge in [-0.1, -0.05) is 12.1 Å². The Morgan fingerprint density at radius 1 is 0.886 bits per heavy atom.